The predicted octanol–water partition coefficient (Wildman–Crippen LogP) is 1.04. The molecule has 7 N–H and O–H groups in total. The monoisotopic (exact) mass is 975 g/mol. The van der Waals surface area contributed by atoms with Gasteiger partial charge in [-0.2, -0.15) is 0 Å². The fourth-order valence-electron chi connectivity index (χ4n) is 3.98. The van der Waals surface area contributed by atoms with Gasteiger partial charge in [-0.3, -0.25) is 35.9 Å². The van der Waals surface area contributed by atoms with Crippen LogP contribution in [0, 0.1) is 18.8 Å². The molecule has 0 spiro atoms. The van der Waals surface area contributed by atoms with Crippen LogP contribution in [0.25, 0.3) is 0 Å². The molecule has 5 rings (SSSR count). The molecule has 4 heterocycles. The Labute approximate surface area is 369 Å². The third kappa shape index (κ3) is 23.1. The molecular formula is C41H51BF3IN8O8. The summed E-state index contributed by atoms with van der Waals surface area (Å²) in [5, 5.41) is 25.7. The minimum Gasteiger partial charge on any atom is -1.00 e. The molecule has 62 heavy (non-hydrogen) atoms. The maximum absolute atomic E-state index is 13.1. The zero-order valence-corrected chi connectivity index (χ0v) is 37.8. The molecule has 1 aromatic carbocycles. The zero-order chi connectivity index (χ0) is 45.8. The van der Waals surface area contributed by atoms with Gasteiger partial charge in [-0.25, -0.2) is 23.2 Å². The average molecular weight is 976 g/mol. The van der Waals surface area contributed by atoms with Crippen molar-refractivity contribution < 1.29 is 73.3 Å². The topological polar surface area (TPSA) is 233 Å². The first-order valence-corrected chi connectivity index (χ1v) is 20.5. The average Bonchev–Trinajstić information content (AvgIpc) is 3.14. The molecule has 0 aliphatic rings. The van der Waals surface area contributed by atoms with E-state index in [1.807, 2.05) is 51.2 Å². The Hall–Kier alpha value is -6.07. The van der Waals surface area contributed by atoms with E-state index >= 15 is 0 Å². The predicted molar refractivity (Wildman–Crippen MR) is 225 cm³/mol. The van der Waals surface area contributed by atoms with Crippen LogP contribution in [0.5, 0.6) is 0 Å². The van der Waals surface area contributed by atoms with E-state index in [1.54, 1.807) is 47.7 Å². The Morgan fingerprint density at radius 3 is 1.44 bits per heavy atom. The second kappa shape index (κ2) is 25.6. The maximum atomic E-state index is 13.1. The number of nitrogen functional groups attached to an aromatic ring is 1. The second-order valence-corrected chi connectivity index (χ2v) is 18.2. The molecule has 0 unspecified atom stereocenters. The lowest BCUT2D eigenvalue weighted by Gasteiger charge is -2.20. The zero-order valence-electron chi connectivity index (χ0n) is 35.6. The number of rotatable bonds is 6. The first-order chi connectivity index (χ1) is 28.4. The highest BCUT2D eigenvalue weighted by atomic mass is 127. The Morgan fingerprint density at radius 1 is 0.597 bits per heavy atom. The molecule has 0 radical (unpaired) electrons. The van der Waals surface area contributed by atoms with Gasteiger partial charge in [0.1, 0.15) is 22.5 Å². The van der Waals surface area contributed by atoms with Gasteiger partial charge in [-0.15, -0.1) is 0 Å². The SMILES string of the molecule is CC(C)(C)OC(=O)Nc1ccncc1B(O)O.CC(C)(C)OC(=O)Nc1ccncc1[18F].CC(C)(C)OC(=O)Nc1ccncc1[I+]c1ccccc1.Nc1ccncc1[18F].[18F-]. The third-order valence-corrected chi connectivity index (χ3v) is 9.11. The number of pyridine rings is 4. The van der Waals surface area contributed by atoms with Crippen LogP contribution in [0.3, 0.4) is 0 Å². The van der Waals surface area contributed by atoms with E-state index in [1.165, 1.54) is 46.6 Å². The minimum absolute atomic E-state index is 0. The number of halogens is 4. The first-order valence-electron chi connectivity index (χ1n) is 18.3. The Balaban J connectivity index is 0.000000428. The van der Waals surface area contributed by atoms with Crippen molar-refractivity contribution in [1.82, 2.24) is 19.9 Å². The summed E-state index contributed by atoms with van der Waals surface area (Å²) in [6.45, 7) is 15.9. The van der Waals surface area contributed by atoms with E-state index in [0.29, 0.717) is 0 Å². The van der Waals surface area contributed by atoms with Gasteiger partial charge in [0.15, 0.2) is 15.2 Å². The van der Waals surface area contributed by atoms with Gasteiger partial charge in [-0.05, 0) is 98.7 Å². The normalized spacial score (nSPS) is 10.5. The number of aromatic nitrogens is 4. The Kier molecular flexibility index (Phi) is 22.3. The van der Waals surface area contributed by atoms with Crippen molar-refractivity contribution in [1.29, 1.82) is 0 Å². The summed E-state index contributed by atoms with van der Waals surface area (Å²) in [5.74, 6) is -1.06. The molecule has 21 heteroatoms. The lowest BCUT2D eigenvalue weighted by molar-refractivity contribution is -0.596. The molecule has 0 aliphatic heterocycles. The van der Waals surface area contributed by atoms with Crippen molar-refractivity contribution in [3.8, 4) is 0 Å². The minimum atomic E-state index is -1.70. The van der Waals surface area contributed by atoms with E-state index in [-0.39, 0.29) is 27.2 Å². The molecule has 0 aliphatic carbocycles. The van der Waals surface area contributed by atoms with Gasteiger partial charge >= 0.3 is 46.6 Å². The van der Waals surface area contributed by atoms with Gasteiger partial charge in [0.2, 0.25) is 3.57 Å². The Morgan fingerprint density at radius 2 is 1.00 bits per heavy atom. The number of hydrogen-bond donors (Lipinski definition) is 6. The smallest absolute Gasteiger partial charge is 0.492 e. The summed E-state index contributed by atoms with van der Waals surface area (Å²) < 4.78 is 42.8. The van der Waals surface area contributed by atoms with Gasteiger partial charge in [0, 0.05) is 42.1 Å². The summed E-state index contributed by atoms with van der Waals surface area (Å²) >= 11 is -0.392. The van der Waals surface area contributed by atoms with Crippen LogP contribution < -0.4 is 53.1 Å². The quantitative estimate of drug-likeness (QED) is 0.0795. The fraction of sp³-hybridized carbons (Fsp3) is 0.293. The second-order valence-electron chi connectivity index (χ2n) is 15.2. The molecule has 0 saturated carbocycles. The molecule has 4 aromatic heterocycles. The molecule has 0 saturated heterocycles. The van der Waals surface area contributed by atoms with E-state index in [9.17, 15) is 23.2 Å². The van der Waals surface area contributed by atoms with Gasteiger partial charge in [0.25, 0.3) is 0 Å². The van der Waals surface area contributed by atoms with Crippen molar-refractivity contribution in [3.63, 3.8) is 0 Å². The number of carbonyl (C=O) groups excluding carboxylic acids is 3. The molecule has 5 aromatic rings. The number of benzene rings is 1. The van der Waals surface area contributed by atoms with Crippen LogP contribution in [0.15, 0.2) is 104 Å². The highest BCUT2D eigenvalue weighted by Gasteiger charge is 2.24. The number of carbonyl (C=O) groups is 3. The van der Waals surface area contributed by atoms with E-state index < -0.39 is 75.0 Å². The summed E-state index contributed by atoms with van der Waals surface area (Å²) in [4.78, 5) is 49.6. The number of ether oxygens (including phenoxy) is 3. The van der Waals surface area contributed by atoms with Crippen LogP contribution in [0.4, 0.5) is 45.9 Å². The number of hydrogen-bond acceptors (Lipinski definition) is 13. The van der Waals surface area contributed by atoms with Crippen molar-refractivity contribution >= 4 is 53.6 Å². The largest absolute Gasteiger partial charge is 1.00 e. The van der Waals surface area contributed by atoms with Crippen LogP contribution in [0.2, 0.25) is 0 Å². The fourth-order valence-corrected chi connectivity index (χ4v) is 6.33. The molecule has 0 bridgehead atoms. The van der Waals surface area contributed by atoms with Gasteiger partial charge in [0.05, 0.1) is 30.0 Å². The van der Waals surface area contributed by atoms with Crippen molar-refractivity contribution in [2.75, 3.05) is 21.7 Å². The van der Waals surface area contributed by atoms with Crippen LogP contribution in [-0.2, 0) is 14.2 Å². The molecule has 0 atom stereocenters. The lowest BCUT2D eigenvalue weighted by atomic mass is 9.80. The van der Waals surface area contributed by atoms with Crippen LogP contribution in [0.1, 0.15) is 62.3 Å². The maximum Gasteiger partial charge on any atom is 0.492 e. The molecule has 16 nitrogen and oxygen atoms in total. The first kappa shape index (κ1) is 54.0. The van der Waals surface area contributed by atoms with E-state index in [0.717, 1.165) is 21.7 Å². The standard InChI is InChI=1S/C16H17IN2O2.C10H15BN2O4.C10H13FN2O2.C5H5FN2.FH/c1-16(2,3)21-15(20)19-14-9-10-18-11-13(14)17-12-7-5-4-6-8-12;1-10(2,3)17-9(14)13-8-4-5-12-6-7(8)11(15)16;1-10(2,3)15-9(14)13-8-4-5-12-6-7(8)11;6-4-3-8-2-1-5(4)7;/h4-11H,1-3H3;4-6,15-16H,1-3H3,(H,12,13,14);4-6H,1-3H3,(H,12,13,14);1-3H,(H2,7,8);1H/i;;11-1;6-1;1-1. The molecule has 0 fully saturated rings. The number of anilines is 4. The highest BCUT2D eigenvalue weighted by molar-refractivity contribution is 6.60. The number of nitrogens with zero attached hydrogens (tertiary/aromatic N) is 4. The van der Waals surface area contributed by atoms with E-state index in [2.05, 4.69) is 48.0 Å². The summed E-state index contributed by atoms with van der Waals surface area (Å²) in [6.07, 6.45) is 9.31. The lowest BCUT2D eigenvalue weighted by Crippen LogP contribution is -3.61. The summed E-state index contributed by atoms with van der Waals surface area (Å²) in [7, 11) is -1.70. The summed E-state index contributed by atoms with van der Waals surface area (Å²) in [6, 6.07) is 16.3. The van der Waals surface area contributed by atoms with Gasteiger partial charge in [-0.1, -0.05) is 18.2 Å². The van der Waals surface area contributed by atoms with Crippen LogP contribution >= 0.6 is 0 Å². The third-order valence-electron chi connectivity index (χ3n) is 6.33. The molecular weight excluding hydrogens is 924 g/mol. The highest BCUT2D eigenvalue weighted by Crippen LogP contribution is 2.15. The van der Waals surface area contributed by atoms with Crippen molar-refractivity contribution in [2.24, 2.45) is 0 Å². The molecule has 3 amide bonds. The number of nitrogens with one attached hydrogen (secondary N) is 3. The van der Waals surface area contributed by atoms with E-state index in [4.69, 9.17) is 30.0 Å². The van der Waals surface area contributed by atoms with Crippen molar-refractivity contribution in [2.45, 2.75) is 79.1 Å². The Bertz CT molecular complexity index is 2140. The van der Waals surface area contributed by atoms with Gasteiger partial charge < -0.3 is 34.7 Å². The number of nitrogens with two attached hydrogens (primary N) is 1. The van der Waals surface area contributed by atoms with Crippen LogP contribution in [-0.4, -0.2) is 72.2 Å². The summed E-state index contributed by atoms with van der Waals surface area (Å²) in [5.41, 5.74) is 4.71. The van der Waals surface area contributed by atoms with Crippen molar-refractivity contribution in [3.05, 3.63) is 123 Å². The molecule has 334 valence electrons. The number of amides is 3.